The zero-order valence-electron chi connectivity index (χ0n) is 19.9. The SMILES string of the molecule is COc1ccc2c(CCCc3ccc(Br)cc3)c3[n+](cc2c1OC)CCc1cc2c(cc1-3)OCO2. The summed E-state index contributed by atoms with van der Waals surface area (Å²) in [6.07, 6.45) is 6.18. The van der Waals surface area contributed by atoms with E-state index < -0.39 is 0 Å². The molecule has 0 amide bonds. The summed E-state index contributed by atoms with van der Waals surface area (Å²) in [5.74, 6) is 3.21. The number of nitrogens with zero attached hydrogens (tertiary/aromatic N) is 1. The van der Waals surface area contributed by atoms with E-state index in [1.807, 2.05) is 6.07 Å². The molecule has 6 heteroatoms. The van der Waals surface area contributed by atoms with E-state index in [0.717, 1.165) is 65.1 Å². The van der Waals surface area contributed by atoms with Gasteiger partial charge in [-0.1, -0.05) is 28.1 Å². The molecule has 178 valence electrons. The van der Waals surface area contributed by atoms with Crippen LogP contribution in [0.3, 0.4) is 0 Å². The number of benzene rings is 3. The molecule has 5 nitrogen and oxygen atoms in total. The van der Waals surface area contributed by atoms with Crippen LogP contribution in [0.15, 0.2) is 59.2 Å². The highest BCUT2D eigenvalue weighted by molar-refractivity contribution is 9.10. The summed E-state index contributed by atoms with van der Waals surface area (Å²) in [6.45, 7) is 1.19. The molecule has 0 unspecified atom stereocenters. The van der Waals surface area contributed by atoms with Gasteiger partial charge in [0.2, 0.25) is 12.5 Å². The summed E-state index contributed by atoms with van der Waals surface area (Å²) in [5.41, 5.74) is 6.48. The molecular formula is C29H27BrNO4+. The Bertz CT molecular complexity index is 1430. The van der Waals surface area contributed by atoms with E-state index in [1.54, 1.807) is 14.2 Å². The fourth-order valence-corrected chi connectivity index (χ4v) is 5.65. The zero-order valence-corrected chi connectivity index (χ0v) is 21.5. The third-order valence-corrected chi connectivity index (χ3v) is 7.58. The first-order valence-corrected chi connectivity index (χ1v) is 12.7. The third kappa shape index (κ3) is 3.90. The summed E-state index contributed by atoms with van der Waals surface area (Å²) in [6, 6.07) is 17.1. The zero-order chi connectivity index (χ0) is 23.9. The van der Waals surface area contributed by atoms with Crippen LogP contribution in [0.25, 0.3) is 22.0 Å². The molecule has 3 heterocycles. The molecule has 4 aromatic rings. The Morgan fingerprint density at radius 3 is 2.49 bits per heavy atom. The summed E-state index contributed by atoms with van der Waals surface area (Å²) < 4.78 is 26.4. The maximum absolute atomic E-state index is 5.83. The van der Waals surface area contributed by atoms with Gasteiger partial charge in [-0.2, -0.15) is 4.57 Å². The van der Waals surface area contributed by atoms with Gasteiger partial charge in [0, 0.05) is 21.8 Å². The number of methoxy groups -OCH3 is 2. The van der Waals surface area contributed by atoms with Crippen molar-refractivity contribution >= 4 is 26.7 Å². The number of aryl methyl sites for hydroxylation is 4. The van der Waals surface area contributed by atoms with E-state index in [-0.39, 0.29) is 6.79 Å². The predicted octanol–water partition coefficient (Wildman–Crippen LogP) is 6.03. The van der Waals surface area contributed by atoms with Crippen LogP contribution in [0, 0.1) is 0 Å². The van der Waals surface area contributed by atoms with Crippen LogP contribution in [-0.4, -0.2) is 21.0 Å². The lowest BCUT2D eigenvalue weighted by Gasteiger charge is -2.21. The molecule has 6 rings (SSSR count). The van der Waals surface area contributed by atoms with Crippen LogP contribution in [0.5, 0.6) is 23.0 Å². The van der Waals surface area contributed by atoms with E-state index in [9.17, 15) is 0 Å². The van der Waals surface area contributed by atoms with Gasteiger partial charge < -0.3 is 18.9 Å². The lowest BCUT2D eigenvalue weighted by Crippen LogP contribution is -2.41. The number of halogens is 1. The molecule has 0 N–H and O–H groups in total. The van der Waals surface area contributed by atoms with Crippen LogP contribution in [-0.2, 0) is 25.8 Å². The highest BCUT2D eigenvalue weighted by Gasteiger charge is 2.32. The van der Waals surface area contributed by atoms with E-state index >= 15 is 0 Å². The Kier molecular flexibility index (Phi) is 5.77. The van der Waals surface area contributed by atoms with Crippen LogP contribution >= 0.6 is 15.9 Å². The van der Waals surface area contributed by atoms with Crippen molar-refractivity contribution in [3.63, 3.8) is 0 Å². The molecule has 0 bridgehead atoms. The van der Waals surface area contributed by atoms with Crippen molar-refractivity contribution in [1.82, 2.24) is 0 Å². The second-order valence-electron chi connectivity index (χ2n) is 9.00. The number of rotatable bonds is 6. The van der Waals surface area contributed by atoms with Crippen molar-refractivity contribution in [1.29, 1.82) is 0 Å². The van der Waals surface area contributed by atoms with Gasteiger partial charge in [-0.3, -0.25) is 0 Å². The Morgan fingerprint density at radius 1 is 0.914 bits per heavy atom. The largest absolute Gasteiger partial charge is 0.493 e. The van der Waals surface area contributed by atoms with Crippen LogP contribution in [0.1, 0.15) is 23.1 Å². The monoisotopic (exact) mass is 532 g/mol. The molecule has 0 radical (unpaired) electrons. The van der Waals surface area contributed by atoms with Crippen molar-refractivity contribution in [2.45, 2.75) is 32.2 Å². The van der Waals surface area contributed by atoms with Crippen molar-refractivity contribution in [3.8, 4) is 34.3 Å². The fourth-order valence-electron chi connectivity index (χ4n) is 5.38. The Balaban J connectivity index is 1.50. The highest BCUT2D eigenvalue weighted by Crippen LogP contribution is 2.43. The van der Waals surface area contributed by atoms with Crippen molar-refractivity contribution in [3.05, 3.63) is 75.9 Å². The Morgan fingerprint density at radius 2 is 1.71 bits per heavy atom. The summed E-state index contributed by atoms with van der Waals surface area (Å²) in [7, 11) is 3.40. The molecule has 0 saturated heterocycles. The molecule has 2 aliphatic heterocycles. The lowest BCUT2D eigenvalue weighted by atomic mass is 9.89. The fraction of sp³-hybridized carbons (Fsp3) is 0.276. The summed E-state index contributed by atoms with van der Waals surface area (Å²) >= 11 is 3.54. The first-order chi connectivity index (χ1) is 17.2. The van der Waals surface area contributed by atoms with Gasteiger partial charge in [0.1, 0.15) is 0 Å². The number of hydrogen-bond donors (Lipinski definition) is 0. The maximum atomic E-state index is 5.83. The molecule has 2 aliphatic rings. The number of hydrogen-bond acceptors (Lipinski definition) is 4. The average Bonchev–Trinajstić information content (AvgIpc) is 3.34. The normalized spacial score (nSPS) is 13.5. The molecule has 0 saturated carbocycles. The molecule has 0 aliphatic carbocycles. The average molecular weight is 533 g/mol. The van der Waals surface area contributed by atoms with Crippen LogP contribution < -0.4 is 23.5 Å². The van der Waals surface area contributed by atoms with Crippen LogP contribution in [0.2, 0.25) is 0 Å². The van der Waals surface area contributed by atoms with E-state index in [1.165, 1.54) is 33.3 Å². The predicted molar refractivity (Wildman–Crippen MR) is 139 cm³/mol. The molecular weight excluding hydrogens is 506 g/mol. The summed E-state index contributed by atoms with van der Waals surface area (Å²) in [4.78, 5) is 0. The highest BCUT2D eigenvalue weighted by atomic mass is 79.9. The topological polar surface area (TPSA) is 40.8 Å². The Labute approximate surface area is 213 Å². The molecule has 0 spiro atoms. The van der Waals surface area contributed by atoms with Gasteiger partial charge >= 0.3 is 0 Å². The van der Waals surface area contributed by atoms with Gasteiger partial charge in [0.05, 0.1) is 25.2 Å². The van der Waals surface area contributed by atoms with E-state index in [2.05, 4.69) is 69.2 Å². The number of pyridine rings is 1. The van der Waals surface area contributed by atoms with Crippen molar-refractivity contribution in [2.24, 2.45) is 0 Å². The van der Waals surface area contributed by atoms with Crippen LogP contribution in [0.4, 0.5) is 0 Å². The lowest BCUT2D eigenvalue weighted by molar-refractivity contribution is -0.686. The standard InChI is InChI=1S/C29H27BrNO4/c1-32-25-11-10-21-22(5-3-4-18-6-8-20(30)9-7-18)28-23-15-27-26(34-17-35-27)14-19(23)12-13-31(28)16-24(21)29(25)33-2/h6-11,14-16H,3-5,12-13,17H2,1-2H3/q+1. The third-order valence-electron chi connectivity index (χ3n) is 7.05. The minimum absolute atomic E-state index is 0.285. The maximum Gasteiger partial charge on any atom is 0.231 e. The van der Waals surface area contributed by atoms with E-state index in [0.29, 0.717) is 0 Å². The number of fused-ring (bicyclic) bond motifs is 5. The Hall–Kier alpha value is -3.25. The van der Waals surface area contributed by atoms with E-state index in [4.69, 9.17) is 18.9 Å². The van der Waals surface area contributed by atoms with Gasteiger partial charge in [-0.25, -0.2) is 0 Å². The molecule has 0 atom stereocenters. The quantitative estimate of drug-likeness (QED) is 0.284. The second-order valence-corrected chi connectivity index (χ2v) is 9.92. The minimum atomic E-state index is 0.285. The first-order valence-electron chi connectivity index (χ1n) is 11.9. The summed E-state index contributed by atoms with van der Waals surface area (Å²) in [5, 5.41) is 2.29. The van der Waals surface area contributed by atoms with Crippen molar-refractivity contribution in [2.75, 3.05) is 21.0 Å². The van der Waals surface area contributed by atoms with Gasteiger partial charge in [0.15, 0.2) is 35.7 Å². The van der Waals surface area contributed by atoms with Gasteiger partial charge in [-0.15, -0.1) is 0 Å². The van der Waals surface area contributed by atoms with Gasteiger partial charge in [0.25, 0.3) is 0 Å². The molecule has 3 aromatic carbocycles. The first kappa shape index (κ1) is 22.2. The molecule has 1 aromatic heterocycles. The smallest absolute Gasteiger partial charge is 0.231 e. The van der Waals surface area contributed by atoms with Gasteiger partial charge in [-0.05, 0) is 66.8 Å². The minimum Gasteiger partial charge on any atom is -0.493 e. The molecule has 0 fully saturated rings. The van der Waals surface area contributed by atoms with Crippen molar-refractivity contribution < 1.29 is 23.5 Å². The second kappa shape index (κ2) is 9.08. The number of aromatic nitrogens is 1. The molecule has 35 heavy (non-hydrogen) atoms. The number of ether oxygens (including phenoxy) is 4.